The summed E-state index contributed by atoms with van der Waals surface area (Å²) >= 11 is 0. The molecule has 2 saturated heterocycles. The number of fused-ring (bicyclic) bond motifs is 2. The maximum Gasteiger partial charge on any atom is 0.208 e. The molecule has 2 fully saturated rings. The second kappa shape index (κ2) is 5.22. The molecule has 2 aliphatic rings. The van der Waals surface area contributed by atoms with Crippen LogP contribution in [-0.4, -0.2) is 56.0 Å². The van der Waals surface area contributed by atoms with Crippen molar-refractivity contribution in [2.24, 2.45) is 0 Å². The van der Waals surface area contributed by atoms with Crippen LogP contribution in [0.1, 0.15) is 25.7 Å². The maximum absolute atomic E-state index is 10.9. The van der Waals surface area contributed by atoms with Gasteiger partial charge in [-0.05, 0) is 32.1 Å². The van der Waals surface area contributed by atoms with E-state index in [1.807, 2.05) is 0 Å². The number of nitrogens with one attached hydrogen (secondary N) is 1. The Morgan fingerprint density at radius 1 is 1.41 bits per heavy atom. The summed E-state index contributed by atoms with van der Waals surface area (Å²) in [6.45, 7) is 0.685. The van der Waals surface area contributed by atoms with Gasteiger partial charge in [-0.3, -0.25) is 4.90 Å². The van der Waals surface area contributed by atoms with Gasteiger partial charge in [0.1, 0.15) is 0 Å². The highest BCUT2D eigenvalue weighted by Crippen LogP contribution is 2.34. The number of aliphatic hydroxyl groups is 1. The van der Waals surface area contributed by atoms with Gasteiger partial charge >= 0.3 is 0 Å². The van der Waals surface area contributed by atoms with Crippen LogP contribution in [0.25, 0.3) is 0 Å². The maximum atomic E-state index is 10.9. The van der Waals surface area contributed by atoms with Gasteiger partial charge in [0.15, 0.2) is 0 Å². The highest BCUT2D eigenvalue weighted by atomic mass is 32.2. The Kier molecular flexibility index (Phi) is 4.07. The molecule has 0 aromatic carbocycles. The van der Waals surface area contributed by atoms with Crippen LogP contribution in [0.4, 0.5) is 0 Å². The number of rotatable bonds is 5. The zero-order valence-corrected chi connectivity index (χ0v) is 11.0. The number of sulfonamides is 1. The summed E-state index contributed by atoms with van der Waals surface area (Å²) < 4.78 is 24.2. The average Bonchev–Trinajstić information content (AvgIpc) is 2.49. The zero-order chi connectivity index (χ0) is 12.5. The Bertz CT molecular complexity index is 342. The molecule has 2 N–H and O–H groups in total. The van der Waals surface area contributed by atoms with E-state index in [4.69, 9.17) is 0 Å². The van der Waals surface area contributed by atoms with E-state index in [-0.39, 0.29) is 6.54 Å². The largest absolute Gasteiger partial charge is 0.390 e. The zero-order valence-electron chi connectivity index (χ0n) is 10.2. The van der Waals surface area contributed by atoms with Crippen LogP contribution < -0.4 is 4.72 Å². The fraction of sp³-hybridized carbons (Fsp3) is 0.909. The predicted octanol–water partition coefficient (Wildman–Crippen LogP) is -0.272. The van der Waals surface area contributed by atoms with Crippen LogP contribution in [-0.2, 0) is 10.0 Å². The quantitative estimate of drug-likeness (QED) is 0.714. The minimum Gasteiger partial charge on any atom is -0.390 e. The summed E-state index contributed by atoms with van der Waals surface area (Å²) in [6, 6.07) is 1.11. The standard InChI is InChI=1S/C11H21N2O3S/c1-17(15,16)12-7-11(14)8-13-9-3-2-4-10(13)6-5-9/h2,9-12,14H,3-8H2,1H3/t9-,10+,11-/m0/s1. The normalized spacial score (nSPS) is 31.6. The average molecular weight is 261 g/mol. The first-order valence-electron chi connectivity index (χ1n) is 6.16. The van der Waals surface area contributed by atoms with Gasteiger partial charge < -0.3 is 5.11 Å². The molecule has 0 saturated carbocycles. The van der Waals surface area contributed by atoms with Crippen LogP contribution >= 0.6 is 0 Å². The minimum absolute atomic E-state index is 0.110. The van der Waals surface area contributed by atoms with Crippen molar-refractivity contribution in [2.75, 3.05) is 19.3 Å². The second-order valence-electron chi connectivity index (χ2n) is 5.12. The topological polar surface area (TPSA) is 69.6 Å². The Morgan fingerprint density at radius 3 is 2.53 bits per heavy atom. The van der Waals surface area contributed by atoms with Crippen molar-refractivity contribution in [2.45, 2.75) is 43.9 Å². The Labute approximate surface area is 103 Å². The molecular formula is C11H21N2O3S. The van der Waals surface area contributed by atoms with Crippen molar-refractivity contribution in [3.05, 3.63) is 6.42 Å². The molecule has 17 heavy (non-hydrogen) atoms. The van der Waals surface area contributed by atoms with Crippen LogP contribution in [0.3, 0.4) is 0 Å². The van der Waals surface area contributed by atoms with Crippen molar-refractivity contribution in [1.29, 1.82) is 0 Å². The lowest BCUT2D eigenvalue weighted by Crippen LogP contribution is -2.46. The summed E-state index contributed by atoms with van der Waals surface area (Å²) in [7, 11) is -3.21. The predicted molar refractivity (Wildman–Crippen MR) is 65.9 cm³/mol. The Balaban J connectivity index is 1.80. The monoisotopic (exact) mass is 261 g/mol. The number of hydrogen-bond donors (Lipinski definition) is 2. The first kappa shape index (κ1) is 13.3. The Morgan fingerprint density at radius 2 is 2.00 bits per heavy atom. The third-order valence-electron chi connectivity index (χ3n) is 3.65. The third-order valence-corrected chi connectivity index (χ3v) is 4.34. The van der Waals surface area contributed by atoms with Crippen molar-refractivity contribution in [1.82, 2.24) is 9.62 Å². The van der Waals surface area contributed by atoms with Crippen molar-refractivity contribution < 1.29 is 13.5 Å². The molecule has 5 nitrogen and oxygen atoms in total. The van der Waals surface area contributed by atoms with E-state index in [1.54, 1.807) is 0 Å². The van der Waals surface area contributed by atoms with E-state index in [0.717, 1.165) is 19.1 Å². The summed E-state index contributed by atoms with van der Waals surface area (Å²) in [6.07, 6.45) is 7.43. The highest BCUT2D eigenvalue weighted by Gasteiger charge is 2.37. The molecular weight excluding hydrogens is 240 g/mol. The molecule has 2 rings (SSSR count). The van der Waals surface area contributed by atoms with Gasteiger partial charge in [0.05, 0.1) is 12.4 Å². The molecule has 2 aliphatic heterocycles. The van der Waals surface area contributed by atoms with Gasteiger partial charge in [-0.25, -0.2) is 13.1 Å². The minimum atomic E-state index is -3.21. The van der Waals surface area contributed by atoms with E-state index in [2.05, 4.69) is 16.0 Å². The molecule has 0 amide bonds. The molecule has 2 heterocycles. The number of aliphatic hydroxyl groups excluding tert-OH is 1. The fourth-order valence-corrected chi connectivity index (χ4v) is 3.35. The van der Waals surface area contributed by atoms with Crippen LogP contribution in [0, 0.1) is 6.42 Å². The van der Waals surface area contributed by atoms with Crippen LogP contribution in [0.2, 0.25) is 0 Å². The SMILES string of the molecule is CS(=O)(=O)NC[C@H](O)CN1[C@@H]2C[CH]C[C@H]1CC2. The van der Waals surface area contributed by atoms with E-state index < -0.39 is 16.1 Å². The van der Waals surface area contributed by atoms with Crippen molar-refractivity contribution >= 4 is 10.0 Å². The van der Waals surface area contributed by atoms with E-state index in [0.29, 0.717) is 18.6 Å². The highest BCUT2D eigenvalue weighted by molar-refractivity contribution is 7.88. The van der Waals surface area contributed by atoms with Crippen molar-refractivity contribution in [3.63, 3.8) is 0 Å². The van der Waals surface area contributed by atoms with Gasteiger partial charge in [-0.15, -0.1) is 0 Å². The van der Waals surface area contributed by atoms with Crippen LogP contribution in [0.5, 0.6) is 0 Å². The second-order valence-corrected chi connectivity index (χ2v) is 6.95. The molecule has 99 valence electrons. The lowest BCUT2D eigenvalue weighted by Gasteiger charge is -2.35. The lowest BCUT2D eigenvalue weighted by molar-refractivity contribution is 0.0749. The third kappa shape index (κ3) is 3.64. The van der Waals surface area contributed by atoms with Gasteiger partial charge in [0, 0.05) is 25.2 Å². The van der Waals surface area contributed by atoms with Gasteiger partial charge in [0.25, 0.3) is 0 Å². The molecule has 6 heteroatoms. The van der Waals surface area contributed by atoms with E-state index in [9.17, 15) is 13.5 Å². The van der Waals surface area contributed by atoms with Gasteiger partial charge in [-0.2, -0.15) is 0 Å². The summed E-state index contributed by atoms with van der Waals surface area (Å²) in [4.78, 5) is 2.34. The summed E-state index contributed by atoms with van der Waals surface area (Å²) in [5, 5.41) is 9.85. The van der Waals surface area contributed by atoms with Crippen molar-refractivity contribution in [3.8, 4) is 0 Å². The van der Waals surface area contributed by atoms with E-state index in [1.165, 1.54) is 12.8 Å². The molecule has 2 bridgehead atoms. The first-order chi connectivity index (χ1) is 7.96. The van der Waals surface area contributed by atoms with Crippen LogP contribution in [0.15, 0.2) is 0 Å². The van der Waals surface area contributed by atoms with Gasteiger partial charge in [-0.1, -0.05) is 0 Å². The number of nitrogens with zero attached hydrogens (tertiary/aromatic N) is 1. The molecule has 0 aliphatic carbocycles. The lowest BCUT2D eigenvalue weighted by atomic mass is 10.0. The number of hydrogen-bond acceptors (Lipinski definition) is 4. The number of piperidine rings is 1. The molecule has 0 aromatic rings. The van der Waals surface area contributed by atoms with Gasteiger partial charge in [0.2, 0.25) is 10.0 Å². The molecule has 0 spiro atoms. The first-order valence-corrected chi connectivity index (χ1v) is 8.05. The molecule has 3 atom stereocenters. The molecule has 0 aromatic heterocycles. The molecule has 1 radical (unpaired) electrons. The summed E-state index contributed by atoms with van der Waals surface area (Å²) in [5.74, 6) is 0. The van der Waals surface area contributed by atoms with E-state index >= 15 is 0 Å². The Hall–Kier alpha value is -0.170. The fourth-order valence-electron chi connectivity index (χ4n) is 2.86. The summed E-state index contributed by atoms with van der Waals surface area (Å²) in [5.41, 5.74) is 0. The molecule has 0 unspecified atom stereocenters. The smallest absolute Gasteiger partial charge is 0.208 e.